The first-order valence-electron chi connectivity index (χ1n) is 26.5. The number of hydrogen-bond acceptors (Lipinski definition) is 8. The number of aryl methyl sites for hydroxylation is 2. The minimum atomic E-state index is -0.615. The summed E-state index contributed by atoms with van der Waals surface area (Å²) in [6.45, 7) is 18.2. The highest BCUT2D eigenvalue weighted by Gasteiger charge is 2.50. The topological polar surface area (TPSA) is 129 Å². The number of benzene rings is 3. The van der Waals surface area contributed by atoms with Crippen LogP contribution in [0.5, 0.6) is 0 Å². The fraction of sp³-hybridized carbons (Fsp3) is 0.492. The lowest BCUT2D eigenvalue weighted by molar-refractivity contribution is 0.0596. The van der Waals surface area contributed by atoms with Crippen molar-refractivity contribution in [1.82, 2.24) is 28.5 Å². The first kappa shape index (κ1) is 54.3. The third-order valence-electron chi connectivity index (χ3n) is 16.2. The fourth-order valence-electron chi connectivity index (χ4n) is 12.2. The van der Waals surface area contributed by atoms with Crippen LogP contribution in [-0.4, -0.2) is 94.3 Å². The summed E-state index contributed by atoms with van der Waals surface area (Å²) in [6.07, 6.45) is 19.9. The van der Waals surface area contributed by atoms with E-state index in [2.05, 4.69) is 151 Å². The largest absolute Gasteiger partial charge is 0.393 e. The summed E-state index contributed by atoms with van der Waals surface area (Å²) in [4.78, 5) is 32.3. The van der Waals surface area contributed by atoms with Gasteiger partial charge < -0.3 is 19.9 Å². The third-order valence-corrected chi connectivity index (χ3v) is 16.2. The lowest BCUT2D eigenvalue weighted by atomic mass is 9.60. The Bertz CT molecular complexity index is 2720. The van der Waals surface area contributed by atoms with Gasteiger partial charge in [-0.2, -0.15) is 0 Å². The molecule has 3 saturated carbocycles. The Balaban J connectivity index is 0.000000168. The lowest BCUT2D eigenvalue weighted by Crippen LogP contribution is -2.47. The summed E-state index contributed by atoms with van der Waals surface area (Å²) in [5.74, 6) is 2.11. The molecule has 0 radical (unpaired) electrons. The van der Waals surface area contributed by atoms with Crippen molar-refractivity contribution in [3.63, 3.8) is 0 Å². The molecule has 11 nitrogen and oxygen atoms in total. The molecule has 0 amide bonds. The lowest BCUT2D eigenvalue weighted by Gasteiger charge is -2.44. The smallest absolute Gasteiger partial charge is 0.332 e. The Morgan fingerprint density at radius 3 is 2.11 bits per heavy atom. The molecule has 5 aromatic rings. The van der Waals surface area contributed by atoms with E-state index in [1.807, 2.05) is 13.8 Å². The van der Waals surface area contributed by atoms with Gasteiger partial charge in [-0.25, -0.2) is 9.78 Å². The second kappa shape index (κ2) is 24.5. The van der Waals surface area contributed by atoms with Crippen LogP contribution in [0.25, 0.3) is 17.2 Å². The van der Waals surface area contributed by atoms with Crippen molar-refractivity contribution in [2.75, 3.05) is 32.7 Å². The number of aliphatic hydroxyl groups is 3. The molecule has 0 bridgehead atoms. The number of rotatable bonds is 12. The number of allylic oxidation sites excluding steroid dienone is 3. The van der Waals surface area contributed by atoms with Crippen molar-refractivity contribution in [3.05, 3.63) is 176 Å². The number of imidazole rings is 1. The molecule has 9 rings (SSSR count). The zero-order valence-electron chi connectivity index (χ0n) is 44.2. The van der Waals surface area contributed by atoms with Gasteiger partial charge in [-0.05, 0) is 110 Å². The maximum atomic E-state index is 11.7. The molecular formula is C61H82N6O5. The molecule has 3 aromatic carbocycles. The van der Waals surface area contributed by atoms with E-state index in [-0.39, 0.29) is 11.2 Å². The number of aliphatic hydroxyl groups excluding tert-OH is 2. The van der Waals surface area contributed by atoms with Gasteiger partial charge in [-0.1, -0.05) is 154 Å². The van der Waals surface area contributed by atoms with Crippen LogP contribution in [0.2, 0.25) is 0 Å². The number of hydrogen-bond donors (Lipinski definition) is 3. The number of aromatic nitrogens is 4. The first-order chi connectivity index (χ1) is 34.4. The van der Waals surface area contributed by atoms with Gasteiger partial charge in [0.05, 0.1) is 30.2 Å². The molecular weight excluding hydrogens is 897 g/mol. The van der Waals surface area contributed by atoms with Crippen molar-refractivity contribution in [3.8, 4) is 0 Å². The molecule has 3 aliphatic carbocycles. The molecule has 0 unspecified atom stereocenters. The zero-order valence-corrected chi connectivity index (χ0v) is 44.2. The standard InChI is InChI=1S/C27H44O3.C26H28N2.C8H10N4O2/c1-18(8-6-14-26(3,4)30)23-12-13-24-20(9-7-15-27(23,24)5)10-11-21-16-22(28)17-25(29)19(21)2;1-4-11-23(12-5-1)13-10-18-27-19-21-28(22-20-27)26(24-14-6-2-7-15-24)25-16-8-3-9-17-25;1-10-4-9-6-5(10)7(13)12(3)8(14)11(6)2/h10-11,18,22-25,28-30H,2,6-9,12-17H2,1,3-5H3;1-17,26H,18-22H2;4H,1-3H3/b20-10+,21-11-;13-10+;/t18-,22-,23-,24+,25+,27-;;/m1../s1. The molecule has 1 aliphatic heterocycles. The number of piperazine rings is 1. The molecule has 11 heteroatoms. The summed E-state index contributed by atoms with van der Waals surface area (Å²) in [6, 6.07) is 32.7. The molecule has 386 valence electrons. The average Bonchev–Trinajstić information content (AvgIpc) is 3.94. The monoisotopic (exact) mass is 979 g/mol. The normalized spacial score (nSPS) is 24.6. The van der Waals surface area contributed by atoms with Gasteiger partial charge in [0, 0.05) is 60.3 Å². The van der Waals surface area contributed by atoms with Gasteiger partial charge in [0.1, 0.15) is 0 Å². The third kappa shape index (κ3) is 13.4. The van der Waals surface area contributed by atoms with E-state index in [1.165, 1.54) is 73.2 Å². The fourth-order valence-corrected chi connectivity index (χ4v) is 12.2. The van der Waals surface area contributed by atoms with E-state index in [0.29, 0.717) is 47.3 Å². The van der Waals surface area contributed by atoms with Crippen molar-refractivity contribution < 1.29 is 15.3 Å². The van der Waals surface area contributed by atoms with Crippen LogP contribution in [0.3, 0.4) is 0 Å². The minimum absolute atomic E-state index is 0.317. The zero-order chi connectivity index (χ0) is 51.6. The predicted molar refractivity (Wildman–Crippen MR) is 293 cm³/mol. The van der Waals surface area contributed by atoms with E-state index in [9.17, 15) is 24.9 Å². The van der Waals surface area contributed by atoms with Crippen LogP contribution < -0.4 is 11.2 Å². The Hall–Kier alpha value is -5.43. The number of nitrogens with zero attached hydrogens (tertiary/aromatic N) is 6. The molecule has 1 saturated heterocycles. The van der Waals surface area contributed by atoms with Crippen LogP contribution in [0.1, 0.15) is 115 Å². The highest BCUT2D eigenvalue weighted by Crippen LogP contribution is 2.60. The highest BCUT2D eigenvalue weighted by molar-refractivity contribution is 5.69. The van der Waals surface area contributed by atoms with E-state index < -0.39 is 17.8 Å². The Morgan fingerprint density at radius 1 is 0.861 bits per heavy atom. The Morgan fingerprint density at radius 2 is 1.49 bits per heavy atom. The minimum Gasteiger partial charge on any atom is -0.393 e. The molecule has 3 N–H and O–H groups in total. The molecule has 3 heterocycles. The van der Waals surface area contributed by atoms with Gasteiger partial charge in [-0.3, -0.25) is 23.7 Å². The molecule has 6 atom stereocenters. The van der Waals surface area contributed by atoms with Gasteiger partial charge in [0.15, 0.2) is 11.2 Å². The van der Waals surface area contributed by atoms with Crippen molar-refractivity contribution >= 4 is 17.2 Å². The van der Waals surface area contributed by atoms with E-state index in [1.54, 1.807) is 24.2 Å². The quantitative estimate of drug-likeness (QED) is 0.113. The van der Waals surface area contributed by atoms with E-state index in [4.69, 9.17) is 0 Å². The summed E-state index contributed by atoms with van der Waals surface area (Å²) >= 11 is 0. The summed E-state index contributed by atoms with van der Waals surface area (Å²) in [5.41, 5.74) is 7.38. The highest BCUT2D eigenvalue weighted by atomic mass is 16.3. The SMILES string of the molecule is C(=C\c1ccccc1)/CN1CCN(C(c2ccccc2)c2ccccc2)CC1.C=C1/C(=C\C=C2/CCC[C@]3(C)[C@@H]([C@H](C)CCCC(C)(C)O)CC[C@@H]23)C[C@@H](O)C[C@@H]1O.Cn1c(=O)c2c(ncn2C)n(C)c1=O. The Kier molecular flexibility index (Phi) is 18.5. The second-order valence-electron chi connectivity index (χ2n) is 22.0. The van der Waals surface area contributed by atoms with Crippen LogP contribution in [0, 0.1) is 23.2 Å². The van der Waals surface area contributed by atoms with Gasteiger partial charge in [0.25, 0.3) is 5.56 Å². The van der Waals surface area contributed by atoms with Crippen LogP contribution in [0.15, 0.2) is 148 Å². The maximum absolute atomic E-state index is 11.7. The van der Waals surface area contributed by atoms with Crippen LogP contribution >= 0.6 is 0 Å². The van der Waals surface area contributed by atoms with Gasteiger partial charge in [-0.15, -0.1) is 0 Å². The van der Waals surface area contributed by atoms with Gasteiger partial charge >= 0.3 is 5.69 Å². The molecule has 2 aromatic heterocycles. The summed E-state index contributed by atoms with van der Waals surface area (Å²) in [7, 11) is 4.77. The average molecular weight is 979 g/mol. The summed E-state index contributed by atoms with van der Waals surface area (Å²) in [5, 5.41) is 30.2. The van der Waals surface area contributed by atoms with Crippen molar-refractivity contribution in [2.24, 2.45) is 44.3 Å². The van der Waals surface area contributed by atoms with Crippen molar-refractivity contribution in [1.29, 1.82) is 0 Å². The number of fused-ring (bicyclic) bond motifs is 2. The second-order valence-corrected chi connectivity index (χ2v) is 22.0. The molecule has 4 fully saturated rings. The van der Waals surface area contributed by atoms with Crippen LogP contribution in [0.4, 0.5) is 0 Å². The van der Waals surface area contributed by atoms with E-state index >= 15 is 0 Å². The maximum Gasteiger partial charge on any atom is 0.332 e. The predicted octanol–water partition coefficient (Wildman–Crippen LogP) is 9.78. The van der Waals surface area contributed by atoms with Crippen molar-refractivity contribution in [2.45, 2.75) is 116 Å². The van der Waals surface area contributed by atoms with E-state index in [0.717, 1.165) is 67.2 Å². The molecule has 4 aliphatic rings. The van der Waals surface area contributed by atoms with Crippen LogP contribution in [-0.2, 0) is 21.1 Å². The first-order valence-corrected chi connectivity index (χ1v) is 26.5. The van der Waals surface area contributed by atoms with Gasteiger partial charge in [0.2, 0.25) is 0 Å². The summed E-state index contributed by atoms with van der Waals surface area (Å²) < 4.78 is 4.04. The molecule has 0 spiro atoms. The Labute approximate surface area is 428 Å². The molecule has 72 heavy (non-hydrogen) atoms.